The predicted molar refractivity (Wildman–Crippen MR) is 116 cm³/mol. The Morgan fingerprint density at radius 1 is 1.32 bits per heavy atom. The van der Waals surface area contributed by atoms with Crippen molar-refractivity contribution in [2.24, 2.45) is 10.9 Å². The van der Waals surface area contributed by atoms with E-state index in [1.54, 1.807) is 7.11 Å². The van der Waals surface area contributed by atoms with E-state index in [0.717, 1.165) is 32.2 Å². The Labute approximate surface area is 171 Å². The van der Waals surface area contributed by atoms with Crippen molar-refractivity contribution in [1.82, 2.24) is 20.4 Å². The second-order valence-electron chi connectivity index (χ2n) is 7.55. The zero-order valence-electron chi connectivity index (χ0n) is 16.6. The van der Waals surface area contributed by atoms with Gasteiger partial charge in [-0.15, -0.1) is 24.0 Å². The Kier molecular flexibility index (Phi) is 10.6. The molecule has 0 amide bonds. The van der Waals surface area contributed by atoms with E-state index in [1.807, 2.05) is 7.05 Å². The summed E-state index contributed by atoms with van der Waals surface area (Å²) in [6, 6.07) is 1.68. The van der Waals surface area contributed by atoms with Crippen molar-refractivity contribution < 1.29 is 4.74 Å². The van der Waals surface area contributed by atoms with Crippen molar-refractivity contribution in [2.75, 3.05) is 53.5 Å². The molecule has 6 nitrogen and oxygen atoms in total. The molecular weight excluding hydrogens is 429 g/mol. The monoisotopic (exact) mass is 467 g/mol. The largest absolute Gasteiger partial charge is 0.383 e. The van der Waals surface area contributed by atoms with Gasteiger partial charge in [-0.05, 0) is 39.2 Å². The van der Waals surface area contributed by atoms with Crippen molar-refractivity contribution in [3.8, 4) is 0 Å². The molecule has 3 unspecified atom stereocenters. The van der Waals surface area contributed by atoms with E-state index >= 15 is 0 Å². The summed E-state index contributed by atoms with van der Waals surface area (Å²) in [4.78, 5) is 9.51. The van der Waals surface area contributed by atoms with E-state index in [1.165, 1.54) is 25.9 Å². The van der Waals surface area contributed by atoms with E-state index in [-0.39, 0.29) is 24.0 Å². The summed E-state index contributed by atoms with van der Waals surface area (Å²) < 4.78 is 5.23. The van der Waals surface area contributed by atoms with Crippen molar-refractivity contribution in [3.05, 3.63) is 0 Å². The van der Waals surface area contributed by atoms with Crippen LogP contribution in [-0.4, -0.2) is 87.4 Å². The second kappa shape index (κ2) is 11.6. The van der Waals surface area contributed by atoms with Crippen LogP contribution in [0.3, 0.4) is 0 Å². The molecular formula is C18H38IN5O. The first-order valence-electron chi connectivity index (χ1n) is 9.49. The average molecular weight is 467 g/mol. The second-order valence-corrected chi connectivity index (χ2v) is 7.55. The van der Waals surface area contributed by atoms with Crippen molar-refractivity contribution in [2.45, 2.75) is 51.7 Å². The van der Waals surface area contributed by atoms with E-state index < -0.39 is 0 Å². The van der Waals surface area contributed by atoms with Crippen LogP contribution in [0.2, 0.25) is 0 Å². The SMILES string of the molecule is CN=C(NCC1CCCN1CCOC)NC1CN(C(C)C)CC1C.I. The van der Waals surface area contributed by atoms with Gasteiger partial charge in [-0.2, -0.15) is 0 Å². The number of ether oxygens (including phenoxy) is 1. The molecule has 25 heavy (non-hydrogen) atoms. The fourth-order valence-corrected chi connectivity index (χ4v) is 3.83. The predicted octanol–water partition coefficient (Wildman–Crippen LogP) is 1.61. The lowest BCUT2D eigenvalue weighted by molar-refractivity contribution is 0.141. The smallest absolute Gasteiger partial charge is 0.191 e. The summed E-state index contributed by atoms with van der Waals surface area (Å²) >= 11 is 0. The van der Waals surface area contributed by atoms with Gasteiger partial charge in [0.2, 0.25) is 0 Å². The number of nitrogens with zero attached hydrogens (tertiary/aromatic N) is 3. The molecule has 0 spiro atoms. The summed E-state index contributed by atoms with van der Waals surface area (Å²) in [5, 5.41) is 7.18. The molecule has 2 heterocycles. The molecule has 2 rings (SSSR count). The van der Waals surface area contributed by atoms with Gasteiger partial charge in [0.1, 0.15) is 0 Å². The van der Waals surface area contributed by atoms with Crippen LogP contribution >= 0.6 is 24.0 Å². The van der Waals surface area contributed by atoms with Crippen LogP contribution in [0, 0.1) is 5.92 Å². The van der Waals surface area contributed by atoms with Gasteiger partial charge < -0.3 is 15.4 Å². The van der Waals surface area contributed by atoms with Crippen molar-refractivity contribution >= 4 is 29.9 Å². The first-order valence-corrected chi connectivity index (χ1v) is 9.49. The Hall–Kier alpha value is -0.120. The molecule has 0 saturated carbocycles. The zero-order chi connectivity index (χ0) is 17.5. The molecule has 2 saturated heterocycles. The number of guanidine groups is 1. The topological polar surface area (TPSA) is 52.1 Å². The molecule has 7 heteroatoms. The van der Waals surface area contributed by atoms with Crippen LogP contribution < -0.4 is 10.6 Å². The number of likely N-dealkylation sites (tertiary alicyclic amines) is 2. The third-order valence-electron chi connectivity index (χ3n) is 5.50. The lowest BCUT2D eigenvalue weighted by atomic mass is 10.1. The van der Waals surface area contributed by atoms with Gasteiger partial charge >= 0.3 is 0 Å². The van der Waals surface area contributed by atoms with E-state index in [9.17, 15) is 0 Å². The molecule has 0 radical (unpaired) electrons. The van der Waals surface area contributed by atoms with Crippen LogP contribution in [0.1, 0.15) is 33.6 Å². The molecule has 0 aromatic heterocycles. The Morgan fingerprint density at radius 2 is 2.08 bits per heavy atom. The first-order chi connectivity index (χ1) is 11.5. The van der Waals surface area contributed by atoms with Crippen LogP contribution in [-0.2, 0) is 4.74 Å². The number of nitrogens with one attached hydrogen (secondary N) is 2. The summed E-state index contributed by atoms with van der Waals surface area (Å²) in [7, 11) is 3.64. The minimum atomic E-state index is 0. The average Bonchev–Trinajstić information content (AvgIpc) is 3.16. The maximum atomic E-state index is 5.23. The van der Waals surface area contributed by atoms with Gasteiger partial charge in [-0.1, -0.05) is 6.92 Å². The van der Waals surface area contributed by atoms with Crippen LogP contribution in [0.15, 0.2) is 4.99 Å². The molecule has 2 aliphatic rings. The molecule has 0 aromatic rings. The summed E-state index contributed by atoms with van der Waals surface area (Å²) in [5.41, 5.74) is 0. The summed E-state index contributed by atoms with van der Waals surface area (Å²) in [6.07, 6.45) is 2.54. The lowest BCUT2D eigenvalue weighted by Gasteiger charge is -2.26. The van der Waals surface area contributed by atoms with Gasteiger partial charge in [0.15, 0.2) is 5.96 Å². The molecule has 2 fully saturated rings. The van der Waals surface area contributed by atoms with Crippen LogP contribution in [0.4, 0.5) is 0 Å². The van der Waals surface area contributed by atoms with E-state index in [2.05, 4.69) is 46.2 Å². The maximum Gasteiger partial charge on any atom is 0.191 e. The fourth-order valence-electron chi connectivity index (χ4n) is 3.83. The summed E-state index contributed by atoms with van der Waals surface area (Å²) in [5.74, 6) is 1.59. The first kappa shape index (κ1) is 22.9. The minimum absolute atomic E-state index is 0. The molecule has 148 valence electrons. The number of methoxy groups -OCH3 is 1. The molecule has 2 N–H and O–H groups in total. The van der Waals surface area contributed by atoms with E-state index in [4.69, 9.17) is 4.74 Å². The number of rotatable bonds is 7. The number of hydrogen-bond donors (Lipinski definition) is 2. The highest BCUT2D eigenvalue weighted by molar-refractivity contribution is 14.0. The highest BCUT2D eigenvalue weighted by atomic mass is 127. The number of hydrogen-bond acceptors (Lipinski definition) is 4. The molecule has 0 aliphatic carbocycles. The van der Waals surface area contributed by atoms with Crippen LogP contribution in [0.25, 0.3) is 0 Å². The highest BCUT2D eigenvalue weighted by Gasteiger charge is 2.31. The van der Waals surface area contributed by atoms with E-state index in [0.29, 0.717) is 24.0 Å². The van der Waals surface area contributed by atoms with Gasteiger partial charge in [-0.3, -0.25) is 14.8 Å². The van der Waals surface area contributed by atoms with Gasteiger partial charge in [-0.25, -0.2) is 0 Å². The minimum Gasteiger partial charge on any atom is -0.383 e. The Bertz CT molecular complexity index is 407. The Morgan fingerprint density at radius 3 is 2.68 bits per heavy atom. The number of halogens is 1. The van der Waals surface area contributed by atoms with Crippen LogP contribution in [0.5, 0.6) is 0 Å². The number of aliphatic imine (C=N–C) groups is 1. The quantitative estimate of drug-likeness (QED) is 0.339. The summed E-state index contributed by atoms with van der Waals surface area (Å²) in [6.45, 7) is 13.1. The Balaban J connectivity index is 0.00000312. The van der Waals surface area contributed by atoms with Gasteiger partial charge in [0.25, 0.3) is 0 Å². The molecule has 0 aromatic carbocycles. The highest BCUT2D eigenvalue weighted by Crippen LogP contribution is 2.19. The third kappa shape index (κ3) is 6.84. The maximum absolute atomic E-state index is 5.23. The third-order valence-corrected chi connectivity index (χ3v) is 5.50. The van der Waals surface area contributed by atoms with Crippen molar-refractivity contribution in [3.63, 3.8) is 0 Å². The zero-order valence-corrected chi connectivity index (χ0v) is 19.0. The van der Waals surface area contributed by atoms with Gasteiger partial charge in [0, 0.05) is 58.5 Å². The fraction of sp³-hybridized carbons (Fsp3) is 0.944. The van der Waals surface area contributed by atoms with Gasteiger partial charge in [0.05, 0.1) is 6.61 Å². The molecule has 2 aliphatic heterocycles. The van der Waals surface area contributed by atoms with Crippen molar-refractivity contribution in [1.29, 1.82) is 0 Å². The molecule has 3 atom stereocenters. The lowest BCUT2D eigenvalue weighted by Crippen LogP contribution is -2.50. The normalized spacial score (nSPS) is 28.4. The molecule has 0 bridgehead atoms. The standard InChI is InChI=1S/C18H37N5O.HI/c1-14(2)23-12-15(3)17(13-23)21-18(19-4)20-11-16-7-6-8-22(16)9-10-24-5;/h14-17H,6-13H2,1-5H3,(H2,19,20,21);1H.